The Labute approximate surface area is 94.5 Å². The van der Waals surface area contributed by atoms with Gasteiger partial charge in [-0.1, -0.05) is 24.3 Å². The third kappa shape index (κ3) is 1.46. The lowest BCUT2D eigenvalue weighted by Crippen LogP contribution is -2.07. The predicted molar refractivity (Wildman–Crippen MR) is 61.2 cm³/mol. The second-order valence-electron chi connectivity index (χ2n) is 4.35. The molecule has 0 spiro atoms. The lowest BCUT2D eigenvalue weighted by atomic mass is 9.92. The number of aliphatic hydroxyl groups is 1. The molecule has 0 fully saturated rings. The molecule has 0 aliphatic heterocycles. The Morgan fingerprint density at radius 3 is 2.94 bits per heavy atom. The zero-order valence-corrected chi connectivity index (χ0v) is 8.97. The minimum Gasteiger partial charge on any atom is -0.472 e. The highest BCUT2D eigenvalue weighted by molar-refractivity contribution is 5.37. The first kappa shape index (κ1) is 9.67. The van der Waals surface area contributed by atoms with Crippen LogP contribution >= 0.6 is 0 Å². The van der Waals surface area contributed by atoms with E-state index in [-0.39, 0.29) is 5.92 Å². The molecule has 0 saturated carbocycles. The summed E-state index contributed by atoms with van der Waals surface area (Å²) in [5.74, 6) is 0.216. The number of fused-ring (bicyclic) bond motifs is 1. The normalized spacial score (nSPS) is 20.7. The van der Waals surface area contributed by atoms with E-state index >= 15 is 0 Å². The number of hydrogen-bond acceptors (Lipinski definition) is 2. The van der Waals surface area contributed by atoms with Crippen molar-refractivity contribution in [1.82, 2.24) is 0 Å². The molecule has 2 nitrogen and oxygen atoms in total. The largest absolute Gasteiger partial charge is 0.472 e. The molecular formula is C14H14O2. The van der Waals surface area contributed by atoms with E-state index in [1.807, 2.05) is 12.1 Å². The van der Waals surface area contributed by atoms with Gasteiger partial charge in [-0.2, -0.15) is 0 Å². The summed E-state index contributed by atoms with van der Waals surface area (Å²) in [5.41, 5.74) is 3.54. The Bertz CT molecular complexity index is 473. The van der Waals surface area contributed by atoms with Gasteiger partial charge in [-0.3, -0.25) is 0 Å². The molecule has 2 aromatic rings. The van der Waals surface area contributed by atoms with Crippen LogP contribution in [-0.2, 0) is 6.42 Å². The average molecular weight is 214 g/mol. The number of benzene rings is 1. The van der Waals surface area contributed by atoms with Gasteiger partial charge >= 0.3 is 0 Å². The minimum absolute atomic E-state index is 0.216. The summed E-state index contributed by atoms with van der Waals surface area (Å²) in [5, 5.41) is 10.3. The summed E-state index contributed by atoms with van der Waals surface area (Å²) in [6.45, 7) is 0. The summed E-state index contributed by atoms with van der Waals surface area (Å²) in [4.78, 5) is 0. The maximum atomic E-state index is 10.3. The zero-order chi connectivity index (χ0) is 11.0. The Balaban J connectivity index is 1.93. The van der Waals surface area contributed by atoms with E-state index in [4.69, 9.17) is 4.42 Å². The van der Waals surface area contributed by atoms with Gasteiger partial charge in [-0.25, -0.2) is 0 Å². The van der Waals surface area contributed by atoms with Crippen molar-refractivity contribution in [2.45, 2.75) is 24.9 Å². The molecule has 1 N–H and O–H groups in total. The van der Waals surface area contributed by atoms with Gasteiger partial charge in [0.05, 0.1) is 18.6 Å². The van der Waals surface area contributed by atoms with Crippen molar-refractivity contribution >= 4 is 0 Å². The molecule has 2 unspecified atom stereocenters. The molecule has 0 amide bonds. The minimum atomic E-state index is -0.442. The highest BCUT2D eigenvalue weighted by Gasteiger charge is 2.29. The molecule has 1 aliphatic carbocycles. The highest BCUT2D eigenvalue weighted by atomic mass is 16.3. The third-order valence-electron chi connectivity index (χ3n) is 3.45. The number of aliphatic hydroxyl groups excluding tert-OH is 1. The molecule has 2 heteroatoms. The standard InChI is InChI=1S/C14H14O2/c15-14(11-7-8-16-9-11)13-6-5-10-3-1-2-4-12(10)13/h1-4,7-9,13-15H,5-6H2. The molecule has 0 bridgehead atoms. The second-order valence-corrected chi connectivity index (χ2v) is 4.35. The maximum absolute atomic E-state index is 10.3. The molecule has 1 aromatic carbocycles. The quantitative estimate of drug-likeness (QED) is 0.833. The SMILES string of the molecule is OC(c1ccoc1)C1CCc2ccccc21. The number of rotatable bonds is 2. The molecule has 2 atom stereocenters. The van der Waals surface area contributed by atoms with E-state index in [2.05, 4.69) is 18.2 Å². The van der Waals surface area contributed by atoms with E-state index in [0.29, 0.717) is 0 Å². The molecular weight excluding hydrogens is 200 g/mol. The monoisotopic (exact) mass is 214 g/mol. The van der Waals surface area contributed by atoms with Crippen LogP contribution in [0.4, 0.5) is 0 Å². The van der Waals surface area contributed by atoms with E-state index < -0.39 is 6.10 Å². The summed E-state index contributed by atoms with van der Waals surface area (Å²) in [7, 11) is 0. The van der Waals surface area contributed by atoms with Crippen molar-refractivity contribution in [3.8, 4) is 0 Å². The van der Waals surface area contributed by atoms with Crippen LogP contribution in [0.15, 0.2) is 47.3 Å². The van der Waals surface area contributed by atoms with Crippen molar-refractivity contribution in [3.63, 3.8) is 0 Å². The fraction of sp³-hybridized carbons (Fsp3) is 0.286. The second kappa shape index (κ2) is 3.80. The lowest BCUT2D eigenvalue weighted by molar-refractivity contribution is 0.144. The van der Waals surface area contributed by atoms with Crippen LogP contribution in [0.25, 0.3) is 0 Å². The van der Waals surface area contributed by atoms with E-state index in [0.717, 1.165) is 18.4 Å². The Morgan fingerprint density at radius 1 is 1.25 bits per heavy atom. The van der Waals surface area contributed by atoms with Crippen LogP contribution in [0.2, 0.25) is 0 Å². The number of aryl methyl sites for hydroxylation is 1. The molecule has 1 heterocycles. The van der Waals surface area contributed by atoms with Crippen molar-refractivity contribution in [2.75, 3.05) is 0 Å². The predicted octanol–water partition coefficient (Wildman–Crippen LogP) is 3.04. The van der Waals surface area contributed by atoms with Crippen LogP contribution in [0, 0.1) is 0 Å². The molecule has 1 aliphatic rings. The third-order valence-corrected chi connectivity index (χ3v) is 3.45. The molecule has 0 radical (unpaired) electrons. The van der Waals surface area contributed by atoms with Crippen molar-refractivity contribution in [3.05, 3.63) is 59.5 Å². The molecule has 1 aromatic heterocycles. The summed E-state index contributed by atoms with van der Waals surface area (Å²) in [6.07, 6.45) is 4.88. The first-order chi connectivity index (χ1) is 7.86. The lowest BCUT2D eigenvalue weighted by Gasteiger charge is -2.17. The van der Waals surface area contributed by atoms with Crippen LogP contribution in [-0.4, -0.2) is 5.11 Å². The van der Waals surface area contributed by atoms with Crippen LogP contribution < -0.4 is 0 Å². The molecule has 3 rings (SSSR count). The Morgan fingerprint density at radius 2 is 2.12 bits per heavy atom. The van der Waals surface area contributed by atoms with Gasteiger partial charge in [-0.15, -0.1) is 0 Å². The summed E-state index contributed by atoms with van der Waals surface area (Å²) < 4.78 is 5.02. The van der Waals surface area contributed by atoms with Gasteiger partial charge in [0.25, 0.3) is 0 Å². The van der Waals surface area contributed by atoms with Gasteiger partial charge in [0, 0.05) is 11.5 Å². The average Bonchev–Trinajstić information content (AvgIpc) is 2.98. The fourth-order valence-electron chi connectivity index (χ4n) is 2.59. The molecule has 0 saturated heterocycles. The van der Waals surface area contributed by atoms with Gasteiger partial charge in [0.2, 0.25) is 0 Å². The van der Waals surface area contributed by atoms with Gasteiger partial charge in [-0.05, 0) is 30.0 Å². The van der Waals surface area contributed by atoms with Crippen molar-refractivity contribution < 1.29 is 9.52 Å². The number of furan rings is 1. The molecule has 16 heavy (non-hydrogen) atoms. The summed E-state index contributed by atoms with van der Waals surface area (Å²) >= 11 is 0. The van der Waals surface area contributed by atoms with Gasteiger partial charge in [0.1, 0.15) is 0 Å². The van der Waals surface area contributed by atoms with E-state index in [1.165, 1.54) is 11.1 Å². The van der Waals surface area contributed by atoms with Gasteiger partial charge < -0.3 is 9.52 Å². The first-order valence-corrected chi connectivity index (χ1v) is 5.64. The number of hydrogen-bond donors (Lipinski definition) is 1. The van der Waals surface area contributed by atoms with Crippen molar-refractivity contribution in [2.24, 2.45) is 0 Å². The van der Waals surface area contributed by atoms with Gasteiger partial charge in [0.15, 0.2) is 0 Å². The van der Waals surface area contributed by atoms with Crippen LogP contribution in [0.3, 0.4) is 0 Å². The Hall–Kier alpha value is -1.54. The van der Waals surface area contributed by atoms with Crippen molar-refractivity contribution in [1.29, 1.82) is 0 Å². The topological polar surface area (TPSA) is 33.4 Å². The first-order valence-electron chi connectivity index (χ1n) is 5.64. The fourth-order valence-corrected chi connectivity index (χ4v) is 2.59. The maximum Gasteiger partial charge on any atom is 0.0960 e. The van der Waals surface area contributed by atoms with Crippen LogP contribution in [0.5, 0.6) is 0 Å². The van der Waals surface area contributed by atoms with E-state index in [9.17, 15) is 5.11 Å². The smallest absolute Gasteiger partial charge is 0.0960 e. The van der Waals surface area contributed by atoms with Crippen LogP contribution in [0.1, 0.15) is 35.1 Å². The molecule has 82 valence electrons. The Kier molecular flexibility index (Phi) is 2.29. The summed E-state index contributed by atoms with van der Waals surface area (Å²) in [6, 6.07) is 10.2. The zero-order valence-electron chi connectivity index (χ0n) is 8.97. The highest BCUT2D eigenvalue weighted by Crippen LogP contribution is 2.41. The van der Waals surface area contributed by atoms with E-state index in [1.54, 1.807) is 12.5 Å².